The Labute approximate surface area is 147 Å². The monoisotopic (exact) mass is 426 g/mol. The summed E-state index contributed by atoms with van der Waals surface area (Å²) in [6.07, 6.45) is 7.85. The van der Waals surface area contributed by atoms with Crippen molar-refractivity contribution in [1.29, 1.82) is 0 Å². The minimum absolute atomic E-state index is 1.13. The van der Waals surface area contributed by atoms with Crippen LogP contribution in [0.15, 0.2) is 35.1 Å². The van der Waals surface area contributed by atoms with E-state index in [2.05, 4.69) is 19.1 Å². The summed E-state index contributed by atoms with van der Waals surface area (Å²) in [6, 6.07) is 0. The summed E-state index contributed by atoms with van der Waals surface area (Å²) in [6.45, 7) is 0. The second kappa shape index (κ2) is 10.4. The van der Waals surface area contributed by atoms with Gasteiger partial charge in [0.05, 0.1) is 14.1 Å². The molecule has 138 valence electrons. The lowest BCUT2D eigenvalue weighted by Crippen LogP contribution is -2.68. The molecule has 0 atom stereocenters. The van der Waals surface area contributed by atoms with Crippen LogP contribution in [0.3, 0.4) is 0 Å². The van der Waals surface area contributed by atoms with E-state index < -0.39 is 20.5 Å². The highest BCUT2D eigenvalue weighted by Gasteiger charge is 2.14. The number of nitrogens with one attached hydrogen (secondary N) is 2. The van der Waals surface area contributed by atoms with Gasteiger partial charge in [0.25, 0.3) is 0 Å². The molecule has 2 aromatic heterocycles. The zero-order valence-electron chi connectivity index (χ0n) is 12.0. The maximum absolute atomic E-state index is 8.49. The van der Waals surface area contributed by atoms with Gasteiger partial charge in [-0.15, -0.1) is 20.5 Å². The van der Waals surface area contributed by atoms with Crippen LogP contribution in [-0.4, -0.2) is 9.97 Å². The highest BCUT2D eigenvalue weighted by atomic mass is 35.7. The minimum Gasteiger partial charge on any atom is -0.237 e. The van der Waals surface area contributed by atoms with E-state index in [0.717, 1.165) is 10.3 Å². The van der Waals surface area contributed by atoms with Gasteiger partial charge in [-0.1, -0.05) is 0 Å². The van der Waals surface area contributed by atoms with E-state index in [9.17, 15) is 0 Å². The van der Waals surface area contributed by atoms with Gasteiger partial charge in [-0.25, -0.2) is 56.4 Å². The Morgan fingerprint density at radius 2 is 0.958 bits per heavy atom. The predicted octanol–water partition coefficient (Wildman–Crippen LogP) is -8.72. The highest BCUT2D eigenvalue weighted by molar-refractivity contribution is 8.76. The first-order valence-electron chi connectivity index (χ1n) is 5.41. The number of hydrogen-bond acceptors (Lipinski definition) is 10. The molecule has 0 spiro atoms. The van der Waals surface area contributed by atoms with Gasteiger partial charge in [-0.3, -0.25) is 0 Å². The molecule has 0 aliphatic heterocycles. The van der Waals surface area contributed by atoms with Crippen LogP contribution in [0.25, 0.3) is 0 Å². The molecule has 0 saturated heterocycles. The van der Waals surface area contributed by atoms with Crippen LogP contribution in [0.1, 0.15) is 0 Å². The molecule has 0 unspecified atom stereocenters. The van der Waals surface area contributed by atoms with Crippen molar-refractivity contribution in [1.82, 2.24) is 9.97 Å². The average molecular weight is 427 g/mol. The average Bonchev–Trinajstić information content (AvgIpc) is 2.91. The third-order valence-corrected chi connectivity index (χ3v) is 4.26. The Morgan fingerprint density at radius 3 is 1.12 bits per heavy atom. The summed E-state index contributed by atoms with van der Waals surface area (Å²) < 4.78 is 72.1. The van der Waals surface area contributed by atoms with E-state index >= 15 is 0 Å². The molecule has 24 heavy (non-hydrogen) atoms. The second-order valence-corrected chi connectivity index (χ2v) is 7.29. The summed E-state index contributed by atoms with van der Waals surface area (Å²) in [5.41, 5.74) is 0. The predicted molar refractivity (Wildman–Crippen MR) is 55.7 cm³/mol. The topological polar surface area (TPSA) is 224 Å². The van der Waals surface area contributed by atoms with Crippen molar-refractivity contribution < 1.29 is 66.9 Å². The van der Waals surface area contributed by atoms with Crippen LogP contribution < -0.4 is 46.4 Å². The van der Waals surface area contributed by atoms with E-state index in [1.165, 1.54) is 0 Å². The van der Waals surface area contributed by atoms with Gasteiger partial charge in [0.1, 0.15) is 24.8 Å². The Kier molecular flexibility index (Phi) is 10.1. The zero-order chi connectivity index (χ0) is 19.0. The molecular weight excluding hydrogens is 415 g/mol. The summed E-state index contributed by atoms with van der Waals surface area (Å²) in [7, 11) is -2.45. The first kappa shape index (κ1) is 23.4. The SMILES string of the molecule is C[n+]1cc[nH]c1SSc1[nH]cc[n+]1C.[O-][Cl+3]([O-])([O-])[O-].[O-][Cl+3]([O-])([O-])[O-]. The van der Waals surface area contributed by atoms with Crippen LogP contribution in [0.4, 0.5) is 0 Å². The van der Waals surface area contributed by atoms with E-state index in [0.29, 0.717) is 0 Å². The van der Waals surface area contributed by atoms with Crippen molar-refractivity contribution >= 4 is 21.6 Å². The molecule has 0 aliphatic rings. The molecular formula is C8H12Cl2N4O8S2. The molecule has 2 N–H and O–H groups in total. The lowest BCUT2D eigenvalue weighted by molar-refractivity contribution is -2.00. The fraction of sp³-hybridized carbons (Fsp3) is 0.250. The Hall–Kier alpha value is -0.620. The normalized spacial score (nSPS) is 11.2. The highest BCUT2D eigenvalue weighted by Crippen LogP contribution is 2.31. The van der Waals surface area contributed by atoms with E-state index in [-0.39, 0.29) is 0 Å². The smallest absolute Gasteiger partial charge is 0.237 e. The molecule has 12 nitrogen and oxygen atoms in total. The maximum atomic E-state index is 8.49. The Balaban J connectivity index is 0.000000442. The van der Waals surface area contributed by atoms with Gasteiger partial charge in [0.15, 0.2) is 0 Å². The maximum Gasteiger partial charge on any atom is 0.326 e. The third-order valence-electron chi connectivity index (χ3n) is 1.85. The fourth-order valence-electron chi connectivity index (χ4n) is 1.02. The molecule has 2 rings (SSSR count). The zero-order valence-corrected chi connectivity index (χ0v) is 15.2. The molecule has 2 aromatic rings. The number of rotatable bonds is 3. The number of halogens is 2. The second-order valence-electron chi connectivity index (χ2n) is 3.67. The van der Waals surface area contributed by atoms with Crippen molar-refractivity contribution in [3.63, 3.8) is 0 Å². The van der Waals surface area contributed by atoms with Crippen LogP contribution in [-0.2, 0) is 14.1 Å². The Morgan fingerprint density at radius 1 is 0.708 bits per heavy atom. The molecule has 0 bridgehead atoms. The quantitative estimate of drug-likeness (QED) is 0.347. The van der Waals surface area contributed by atoms with Crippen LogP contribution in [0.2, 0.25) is 0 Å². The van der Waals surface area contributed by atoms with Gasteiger partial charge >= 0.3 is 10.3 Å². The first-order chi connectivity index (χ1) is 10.8. The fourth-order valence-corrected chi connectivity index (χ4v) is 3.24. The van der Waals surface area contributed by atoms with E-state index in [1.807, 2.05) is 38.9 Å². The molecule has 0 amide bonds. The standard InChI is InChI=1S/C8H10N4S2.2ClHO4/c1-11-5-3-9-7(11)13-14-8-10-4-6-12(8)2;2*2-1(3,4)5/h3-6H,1-2H3;2*(H,2,3,4,5). The number of hydrogen-bond donors (Lipinski definition) is 2. The largest absolute Gasteiger partial charge is 0.326 e. The van der Waals surface area contributed by atoms with Crippen LogP contribution in [0, 0.1) is 20.5 Å². The number of nitrogens with zero attached hydrogens (tertiary/aromatic N) is 2. The molecule has 0 aliphatic carbocycles. The van der Waals surface area contributed by atoms with Crippen molar-refractivity contribution in [2.75, 3.05) is 0 Å². The molecule has 0 aromatic carbocycles. The minimum atomic E-state index is -4.94. The van der Waals surface area contributed by atoms with Crippen molar-refractivity contribution in [3.8, 4) is 0 Å². The summed E-state index contributed by atoms with van der Waals surface area (Å²) in [4.78, 5) is 6.34. The number of imidazole rings is 2. The van der Waals surface area contributed by atoms with E-state index in [4.69, 9.17) is 37.3 Å². The number of aromatic amines is 2. The lowest BCUT2D eigenvalue weighted by Gasteiger charge is -2.17. The van der Waals surface area contributed by atoms with Gasteiger partial charge < -0.3 is 0 Å². The summed E-state index contributed by atoms with van der Waals surface area (Å²) >= 11 is 0. The molecule has 16 heteroatoms. The summed E-state index contributed by atoms with van der Waals surface area (Å²) in [5.74, 6) is 0. The van der Waals surface area contributed by atoms with Crippen molar-refractivity contribution in [2.24, 2.45) is 14.1 Å². The van der Waals surface area contributed by atoms with Gasteiger partial charge in [0.2, 0.25) is 0 Å². The molecule has 0 saturated carbocycles. The van der Waals surface area contributed by atoms with Crippen molar-refractivity contribution in [3.05, 3.63) is 24.8 Å². The number of H-pyrrole nitrogens is 2. The summed E-state index contributed by atoms with van der Waals surface area (Å²) in [5, 5.41) is 2.26. The van der Waals surface area contributed by atoms with Crippen molar-refractivity contribution in [2.45, 2.75) is 10.3 Å². The molecule has 2 heterocycles. The van der Waals surface area contributed by atoms with Gasteiger partial charge in [0, 0.05) is 21.6 Å². The van der Waals surface area contributed by atoms with Gasteiger partial charge in [-0.05, 0) is 0 Å². The first-order valence-corrected chi connectivity index (χ1v) is 10.0. The van der Waals surface area contributed by atoms with Gasteiger partial charge in [-0.2, -0.15) is 0 Å². The number of aromatic nitrogens is 4. The number of aryl methyl sites for hydroxylation is 2. The van der Waals surface area contributed by atoms with E-state index in [1.54, 1.807) is 21.6 Å². The third kappa shape index (κ3) is 14.9. The van der Waals surface area contributed by atoms with Crippen LogP contribution >= 0.6 is 21.6 Å². The van der Waals surface area contributed by atoms with Crippen LogP contribution in [0.5, 0.6) is 0 Å². The molecule has 0 fully saturated rings. The Bertz CT molecular complexity index is 535. The molecule has 0 radical (unpaired) electrons. The lowest BCUT2D eigenvalue weighted by atomic mass is 10.9.